The molecule has 0 aliphatic heterocycles. The molecule has 4 nitrogen and oxygen atoms in total. The molecule has 0 aromatic heterocycles. The third kappa shape index (κ3) is 4.90. The Kier molecular flexibility index (Phi) is 5.09. The SMILES string of the molecule is CC(=O)Nc1ccc(NC(=O)/C=C/c2ccc(C)cc2)cc1. The minimum atomic E-state index is -0.201. The van der Waals surface area contributed by atoms with Gasteiger partial charge in [0, 0.05) is 24.4 Å². The molecule has 0 bridgehead atoms. The van der Waals surface area contributed by atoms with Crippen LogP contribution in [0.5, 0.6) is 0 Å². The Morgan fingerprint density at radius 1 is 0.864 bits per heavy atom. The largest absolute Gasteiger partial charge is 0.326 e. The lowest BCUT2D eigenvalue weighted by Gasteiger charge is -2.05. The van der Waals surface area contributed by atoms with Crippen LogP contribution in [0.15, 0.2) is 54.6 Å². The number of nitrogens with one attached hydrogen (secondary N) is 2. The van der Waals surface area contributed by atoms with Crippen LogP contribution < -0.4 is 10.6 Å². The first-order valence-corrected chi connectivity index (χ1v) is 6.96. The molecule has 2 N–H and O–H groups in total. The van der Waals surface area contributed by atoms with Gasteiger partial charge in [-0.05, 0) is 42.8 Å². The summed E-state index contributed by atoms with van der Waals surface area (Å²) in [6.45, 7) is 3.47. The molecule has 0 aliphatic carbocycles. The Balaban J connectivity index is 1.94. The van der Waals surface area contributed by atoms with E-state index in [2.05, 4.69) is 10.6 Å². The molecule has 0 saturated heterocycles. The number of hydrogen-bond acceptors (Lipinski definition) is 2. The Bertz CT molecular complexity index is 686. The van der Waals surface area contributed by atoms with E-state index in [-0.39, 0.29) is 11.8 Å². The van der Waals surface area contributed by atoms with Crippen molar-refractivity contribution in [3.8, 4) is 0 Å². The first-order valence-electron chi connectivity index (χ1n) is 6.96. The van der Waals surface area contributed by atoms with Gasteiger partial charge in [0.05, 0.1) is 0 Å². The molecule has 112 valence electrons. The van der Waals surface area contributed by atoms with Crippen LogP contribution in [0.3, 0.4) is 0 Å². The monoisotopic (exact) mass is 294 g/mol. The van der Waals surface area contributed by atoms with Crippen molar-refractivity contribution in [1.82, 2.24) is 0 Å². The van der Waals surface area contributed by atoms with Crippen LogP contribution in [0.2, 0.25) is 0 Å². The Morgan fingerprint density at radius 2 is 1.41 bits per heavy atom. The topological polar surface area (TPSA) is 58.2 Å². The summed E-state index contributed by atoms with van der Waals surface area (Å²) in [5.41, 5.74) is 3.52. The second-order valence-electron chi connectivity index (χ2n) is 4.99. The van der Waals surface area contributed by atoms with Gasteiger partial charge in [0.2, 0.25) is 11.8 Å². The van der Waals surface area contributed by atoms with E-state index in [1.54, 1.807) is 30.3 Å². The zero-order valence-corrected chi connectivity index (χ0v) is 12.6. The number of carbonyl (C=O) groups is 2. The number of benzene rings is 2. The maximum atomic E-state index is 11.8. The summed E-state index contributed by atoms with van der Waals surface area (Å²) in [5.74, 6) is -0.328. The summed E-state index contributed by atoms with van der Waals surface area (Å²) in [5, 5.41) is 5.44. The van der Waals surface area contributed by atoms with E-state index >= 15 is 0 Å². The van der Waals surface area contributed by atoms with Gasteiger partial charge in [-0.15, -0.1) is 0 Å². The van der Waals surface area contributed by atoms with Crippen LogP contribution in [0.1, 0.15) is 18.1 Å². The molecular weight excluding hydrogens is 276 g/mol. The fourth-order valence-electron chi connectivity index (χ4n) is 1.87. The van der Waals surface area contributed by atoms with Crippen molar-refractivity contribution in [2.75, 3.05) is 10.6 Å². The fourth-order valence-corrected chi connectivity index (χ4v) is 1.87. The molecule has 0 saturated carbocycles. The summed E-state index contributed by atoms with van der Waals surface area (Å²) in [6.07, 6.45) is 3.26. The average molecular weight is 294 g/mol. The van der Waals surface area contributed by atoms with Crippen LogP contribution in [0.25, 0.3) is 6.08 Å². The number of carbonyl (C=O) groups excluding carboxylic acids is 2. The maximum absolute atomic E-state index is 11.8. The highest BCUT2D eigenvalue weighted by atomic mass is 16.2. The molecule has 2 amide bonds. The minimum absolute atomic E-state index is 0.127. The number of aryl methyl sites for hydroxylation is 1. The predicted molar refractivity (Wildman–Crippen MR) is 89.6 cm³/mol. The van der Waals surface area contributed by atoms with Crippen molar-refractivity contribution in [1.29, 1.82) is 0 Å². The molecule has 0 fully saturated rings. The summed E-state index contributed by atoms with van der Waals surface area (Å²) < 4.78 is 0. The highest BCUT2D eigenvalue weighted by Crippen LogP contribution is 2.13. The van der Waals surface area contributed by atoms with Gasteiger partial charge in [0.25, 0.3) is 0 Å². The van der Waals surface area contributed by atoms with E-state index in [1.165, 1.54) is 18.6 Å². The van der Waals surface area contributed by atoms with Crippen LogP contribution in [0, 0.1) is 6.92 Å². The van der Waals surface area contributed by atoms with Crippen molar-refractivity contribution in [3.63, 3.8) is 0 Å². The highest BCUT2D eigenvalue weighted by molar-refractivity contribution is 6.02. The number of anilines is 2. The average Bonchev–Trinajstić information content (AvgIpc) is 2.48. The van der Waals surface area contributed by atoms with Crippen molar-refractivity contribution >= 4 is 29.3 Å². The molecule has 4 heteroatoms. The summed E-state index contributed by atoms with van der Waals surface area (Å²) in [6, 6.07) is 14.9. The molecule has 0 atom stereocenters. The molecule has 2 aromatic carbocycles. The van der Waals surface area contributed by atoms with E-state index in [1.807, 2.05) is 31.2 Å². The summed E-state index contributed by atoms with van der Waals surface area (Å²) in [4.78, 5) is 22.8. The van der Waals surface area contributed by atoms with Gasteiger partial charge in [0.1, 0.15) is 0 Å². The number of rotatable bonds is 4. The van der Waals surface area contributed by atoms with Crippen LogP contribution in [-0.2, 0) is 9.59 Å². The quantitative estimate of drug-likeness (QED) is 0.846. The number of amides is 2. The fraction of sp³-hybridized carbons (Fsp3) is 0.111. The molecule has 0 unspecified atom stereocenters. The lowest BCUT2D eigenvalue weighted by molar-refractivity contribution is -0.114. The molecular formula is C18H18N2O2. The standard InChI is InChI=1S/C18H18N2O2/c1-13-3-5-15(6-4-13)7-12-18(22)20-17-10-8-16(9-11-17)19-14(2)21/h3-12H,1-2H3,(H,19,21)(H,20,22)/b12-7+. The second-order valence-corrected chi connectivity index (χ2v) is 4.99. The normalized spacial score (nSPS) is 10.5. The number of hydrogen-bond donors (Lipinski definition) is 2. The molecule has 0 heterocycles. The second kappa shape index (κ2) is 7.22. The molecule has 22 heavy (non-hydrogen) atoms. The summed E-state index contributed by atoms with van der Waals surface area (Å²) >= 11 is 0. The van der Waals surface area contributed by atoms with Crippen molar-refractivity contribution in [2.24, 2.45) is 0 Å². The smallest absolute Gasteiger partial charge is 0.248 e. The molecule has 0 spiro atoms. The van der Waals surface area contributed by atoms with Gasteiger partial charge in [-0.25, -0.2) is 0 Å². The minimum Gasteiger partial charge on any atom is -0.326 e. The Labute approximate surface area is 129 Å². The van der Waals surface area contributed by atoms with Gasteiger partial charge in [-0.2, -0.15) is 0 Å². The third-order valence-electron chi connectivity index (χ3n) is 2.98. The van der Waals surface area contributed by atoms with Crippen molar-refractivity contribution in [2.45, 2.75) is 13.8 Å². The van der Waals surface area contributed by atoms with Crippen LogP contribution >= 0.6 is 0 Å². The van der Waals surface area contributed by atoms with E-state index in [0.29, 0.717) is 11.4 Å². The molecule has 2 rings (SSSR count). The van der Waals surface area contributed by atoms with Gasteiger partial charge >= 0.3 is 0 Å². The van der Waals surface area contributed by atoms with E-state index < -0.39 is 0 Å². The van der Waals surface area contributed by atoms with Crippen molar-refractivity contribution in [3.05, 3.63) is 65.7 Å². The third-order valence-corrected chi connectivity index (χ3v) is 2.98. The van der Waals surface area contributed by atoms with Crippen LogP contribution in [-0.4, -0.2) is 11.8 Å². The molecule has 0 radical (unpaired) electrons. The zero-order chi connectivity index (χ0) is 15.9. The zero-order valence-electron chi connectivity index (χ0n) is 12.6. The molecule has 2 aromatic rings. The Morgan fingerprint density at radius 3 is 1.95 bits per heavy atom. The first-order chi connectivity index (χ1) is 10.5. The molecule has 0 aliphatic rings. The summed E-state index contributed by atoms with van der Waals surface area (Å²) in [7, 11) is 0. The lowest BCUT2D eigenvalue weighted by atomic mass is 10.1. The van der Waals surface area contributed by atoms with Crippen molar-refractivity contribution < 1.29 is 9.59 Å². The van der Waals surface area contributed by atoms with Gasteiger partial charge in [-0.1, -0.05) is 29.8 Å². The highest BCUT2D eigenvalue weighted by Gasteiger charge is 1.99. The Hall–Kier alpha value is -2.88. The maximum Gasteiger partial charge on any atom is 0.248 e. The van der Waals surface area contributed by atoms with E-state index in [0.717, 1.165) is 5.56 Å². The first kappa shape index (κ1) is 15.5. The lowest BCUT2D eigenvalue weighted by Crippen LogP contribution is -2.08. The van der Waals surface area contributed by atoms with Gasteiger partial charge in [0.15, 0.2) is 0 Å². The van der Waals surface area contributed by atoms with E-state index in [4.69, 9.17) is 0 Å². The van der Waals surface area contributed by atoms with Gasteiger partial charge < -0.3 is 10.6 Å². The van der Waals surface area contributed by atoms with E-state index in [9.17, 15) is 9.59 Å². The predicted octanol–water partition coefficient (Wildman–Crippen LogP) is 3.61. The van der Waals surface area contributed by atoms with Crippen LogP contribution in [0.4, 0.5) is 11.4 Å². The van der Waals surface area contributed by atoms with Gasteiger partial charge in [-0.3, -0.25) is 9.59 Å².